The molecule has 0 bridgehead atoms. The maximum absolute atomic E-state index is 12.6. The quantitative estimate of drug-likeness (QED) is 0.223. The second kappa shape index (κ2) is 7.67. The fourth-order valence-electron chi connectivity index (χ4n) is 3.08. The van der Waals surface area contributed by atoms with Crippen molar-refractivity contribution in [3.63, 3.8) is 0 Å². The van der Waals surface area contributed by atoms with Gasteiger partial charge in [0.15, 0.2) is 0 Å². The minimum absolute atomic E-state index is 0.322. The Kier molecular flexibility index (Phi) is 5.52. The summed E-state index contributed by atoms with van der Waals surface area (Å²) in [5, 5.41) is 13.8. The number of benzene rings is 1. The highest BCUT2D eigenvalue weighted by Gasteiger charge is 2.29. The van der Waals surface area contributed by atoms with Gasteiger partial charge >= 0.3 is 5.97 Å². The zero-order chi connectivity index (χ0) is 18.8. The smallest absolute Gasteiger partial charge is 0.326 e. The Morgan fingerprint density at radius 1 is 1.46 bits per heavy atom. The molecule has 136 valence electrons. The first-order chi connectivity index (χ1) is 12.4. The predicted octanol–water partition coefficient (Wildman–Crippen LogP) is 3.06. The number of pyridine rings is 1. The van der Waals surface area contributed by atoms with Crippen LogP contribution in [0.3, 0.4) is 0 Å². The van der Waals surface area contributed by atoms with Gasteiger partial charge in [0.05, 0.1) is 28.6 Å². The van der Waals surface area contributed by atoms with Crippen LogP contribution in [0.5, 0.6) is 0 Å². The monoisotopic (exact) mass is 486 g/mol. The number of rotatable bonds is 5. The normalized spacial score (nSPS) is 15.9. The number of hydrogen-bond donors (Lipinski definition) is 2. The van der Waals surface area contributed by atoms with Gasteiger partial charge in [0.1, 0.15) is 12.4 Å². The molecule has 3 rings (SSSR count). The average Bonchev–Trinajstić information content (AvgIpc) is 3.04. The number of carboxylic acids is 1. The lowest BCUT2D eigenvalue weighted by Gasteiger charge is -2.17. The van der Waals surface area contributed by atoms with Gasteiger partial charge in [-0.25, -0.2) is 4.79 Å². The molecule has 0 saturated carbocycles. The molecule has 2 N–H and O–H groups in total. The van der Waals surface area contributed by atoms with Gasteiger partial charge in [-0.2, -0.15) is 5.10 Å². The summed E-state index contributed by atoms with van der Waals surface area (Å²) in [6.07, 6.45) is 2.57. The number of carboxylic acid groups (broad SMARTS) is 1. The Hall–Kier alpha value is -2.07. The Labute approximate surface area is 168 Å². The number of aromatic nitrogens is 1. The van der Waals surface area contributed by atoms with Gasteiger partial charge in [0.25, 0.3) is 5.56 Å². The number of aliphatic carboxylic acids is 1. The molecule has 0 radical (unpaired) electrons. The molecule has 7 nitrogen and oxygen atoms in total. The zero-order valence-corrected chi connectivity index (χ0v) is 16.7. The van der Waals surface area contributed by atoms with Crippen molar-refractivity contribution in [3.8, 4) is 11.1 Å². The Morgan fingerprint density at radius 3 is 2.92 bits per heavy atom. The van der Waals surface area contributed by atoms with Gasteiger partial charge < -0.3 is 10.5 Å². The van der Waals surface area contributed by atoms with Crippen molar-refractivity contribution in [2.45, 2.75) is 18.9 Å². The van der Waals surface area contributed by atoms with E-state index in [2.05, 4.69) is 33.4 Å². The zero-order valence-electron chi connectivity index (χ0n) is 13.8. The molecule has 2 aromatic rings. The van der Waals surface area contributed by atoms with E-state index in [1.807, 2.05) is 12.1 Å². The number of fused-ring (bicyclic) bond motifs is 1. The van der Waals surface area contributed by atoms with E-state index < -0.39 is 12.0 Å². The van der Waals surface area contributed by atoms with E-state index in [4.69, 9.17) is 11.6 Å². The molecule has 1 aliphatic heterocycles. The van der Waals surface area contributed by atoms with Crippen molar-refractivity contribution in [1.29, 1.82) is 0 Å². The van der Waals surface area contributed by atoms with Crippen LogP contribution in [0.15, 0.2) is 40.2 Å². The molecule has 0 fully saturated rings. The van der Waals surface area contributed by atoms with Gasteiger partial charge in [-0.1, -0.05) is 11.6 Å². The second-order valence-electron chi connectivity index (χ2n) is 5.78. The third-order valence-electron chi connectivity index (χ3n) is 4.21. The van der Waals surface area contributed by atoms with Crippen LogP contribution in [-0.2, 0) is 11.2 Å². The number of carbonyl (C=O) groups is 1. The summed E-state index contributed by atoms with van der Waals surface area (Å²) < 4.78 is 3.14. The van der Waals surface area contributed by atoms with Gasteiger partial charge in [0, 0.05) is 29.4 Å². The summed E-state index contributed by atoms with van der Waals surface area (Å²) in [6.45, 7) is 0. The van der Waals surface area contributed by atoms with Crippen LogP contribution < -0.4 is 14.1 Å². The fourth-order valence-corrected chi connectivity index (χ4v) is 3.80. The second-order valence-corrected chi connectivity index (χ2v) is 7.25. The van der Waals surface area contributed by atoms with E-state index in [0.29, 0.717) is 23.4 Å². The van der Waals surface area contributed by atoms with Crippen LogP contribution in [0.25, 0.3) is 11.1 Å². The summed E-state index contributed by atoms with van der Waals surface area (Å²) >= 11 is 8.26. The SMILES string of the molecule is CN/N=C\N(I)c1ccc(Cl)cc1-c1cc2n(c(=O)c1)[C@H](C(=O)O)CC2. The summed E-state index contributed by atoms with van der Waals surface area (Å²) in [7, 11) is 1.70. The van der Waals surface area contributed by atoms with Crippen LogP contribution in [0, 0.1) is 0 Å². The maximum atomic E-state index is 12.6. The first-order valence-electron chi connectivity index (χ1n) is 7.85. The first kappa shape index (κ1) is 18.7. The summed E-state index contributed by atoms with van der Waals surface area (Å²) in [6, 6.07) is 7.91. The molecular formula is C17H16ClIN4O3. The van der Waals surface area contributed by atoms with E-state index in [0.717, 1.165) is 16.9 Å². The summed E-state index contributed by atoms with van der Waals surface area (Å²) in [5.41, 5.74) is 5.36. The Morgan fingerprint density at radius 2 is 2.23 bits per heavy atom. The van der Waals surface area contributed by atoms with Gasteiger partial charge in [0.2, 0.25) is 0 Å². The lowest BCUT2D eigenvalue weighted by Crippen LogP contribution is -2.27. The molecule has 0 unspecified atom stereocenters. The number of aryl methyl sites for hydroxylation is 1. The topological polar surface area (TPSA) is 86.9 Å². The van der Waals surface area contributed by atoms with Crippen molar-refractivity contribution in [1.82, 2.24) is 9.99 Å². The third-order valence-corrected chi connectivity index (χ3v) is 5.21. The van der Waals surface area contributed by atoms with E-state index in [-0.39, 0.29) is 5.56 Å². The summed E-state index contributed by atoms with van der Waals surface area (Å²) in [4.78, 5) is 23.9. The molecule has 1 aromatic heterocycles. The molecule has 0 amide bonds. The van der Waals surface area contributed by atoms with Crippen LogP contribution in [0.2, 0.25) is 5.02 Å². The molecular weight excluding hydrogens is 471 g/mol. The third kappa shape index (κ3) is 3.56. The Balaban J connectivity index is 2.12. The van der Waals surface area contributed by atoms with Gasteiger partial charge in [-0.3, -0.25) is 12.5 Å². The highest BCUT2D eigenvalue weighted by atomic mass is 127. The van der Waals surface area contributed by atoms with Crippen LogP contribution in [0.4, 0.5) is 5.69 Å². The van der Waals surface area contributed by atoms with E-state index in [1.165, 1.54) is 10.6 Å². The molecule has 26 heavy (non-hydrogen) atoms. The minimum Gasteiger partial charge on any atom is -0.480 e. The van der Waals surface area contributed by atoms with Crippen molar-refractivity contribution >= 4 is 52.5 Å². The number of nitrogens with one attached hydrogen (secondary N) is 1. The molecule has 1 aromatic carbocycles. The highest BCUT2D eigenvalue weighted by molar-refractivity contribution is 14.1. The largest absolute Gasteiger partial charge is 0.480 e. The van der Waals surface area contributed by atoms with E-state index >= 15 is 0 Å². The van der Waals surface area contributed by atoms with E-state index in [9.17, 15) is 14.7 Å². The molecule has 2 heterocycles. The molecule has 0 saturated heterocycles. The van der Waals surface area contributed by atoms with Gasteiger partial charge in [-0.05, 0) is 42.7 Å². The number of nitrogens with zero attached hydrogens (tertiary/aromatic N) is 3. The predicted molar refractivity (Wildman–Crippen MR) is 110 cm³/mol. The fraction of sp³-hybridized carbons (Fsp3) is 0.235. The van der Waals surface area contributed by atoms with Crippen molar-refractivity contribution in [2.24, 2.45) is 5.10 Å². The molecule has 1 aliphatic rings. The Bertz CT molecular complexity index is 944. The molecule has 0 aliphatic carbocycles. The van der Waals surface area contributed by atoms with Crippen molar-refractivity contribution in [3.05, 3.63) is 51.4 Å². The average molecular weight is 487 g/mol. The maximum Gasteiger partial charge on any atom is 0.326 e. The van der Waals surface area contributed by atoms with Gasteiger partial charge in [-0.15, -0.1) is 0 Å². The molecule has 9 heteroatoms. The number of halogens is 2. The van der Waals surface area contributed by atoms with Crippen molar-refractivity contribution < 1.29 is 9.90 Å². The highest BCUT2D eigenvalue weighted by Crippen LogP contribution is 2.36. The number of anilines is 1. The standard InChI is InChI=1S/C17H16ClIN4O3/c1-20-21-9-22(19)14-4-2-11(18)8-13(14)10-6-12-3-5-15(17(25)26)23(12)16(24)7-10/h2,4,6-9,15,20H,3,5H2,1H3,(H,25,26)/b21-9-/t15-/m0/s1. The number of hydrogen-bond acceptors (Lipinski definition) is 4. The summed E-state index contributed by atoms with van der Waals surface area (Å²) in [5.74, 6) is -0.983. The number of hydrazone groups is 1. The van der Waals surface area contributed by atoms with Crippen LogP contribution in [0.1, 0.15) is 18.2 Å². The van der Waals surface area contributed by atoms with Crippen LogP contribution in [-0.4, -0.2) is 29.0 Å². The molecule has 0 spiro atoms. The lowest BCUT2D eigenvalue weighted by atomic mass is 10.0. The lowest BCUT2D eigenvalue weighted by molar-refractivity contribution is -0.140. The first-order valence-corrected chi connectivity index (χ1v) is 9.19. The van der Waals surface area contributed by atoms with Crippen LogP contribution >= 0.6 is 34.5 Å². The minimum atomic E-state index is -0.983. The van der Waals surface area contributed by atoms with Crippen molar-refractivity contribution in [2.75, 3.05) is 10.2 Å². The molecule has 1 atom stereocenters. The van der Waals surface area contributed by atoms with E-state index in [1.54, 1.807) is 28.6 Å².